The van der Waals surface area contributed by atoms with Crippen molar-refractivity contribution < 1.29 is 56.4 Å². The van der Waals surface area contributed by atoms with Gasteiger partial charge in [-0.05, 0) is 297 Å². The second kappa shape index (κ2) is 34.6. The molecule has 0 saturated heterocycles. The number of aromatic hydroxyl groups is 1. The number of ether oxygens (including phenoxy) is 4. The summed E-state index contributed by atoms with van der Waals surface area (Å²) in [7, 11) is 0. The molecule has 0 radical (unpaired) electrons. The van der Waals surface area contributed by atoms with Gasteiger partial charge in [-0.3, -0.25) is 19.2 Å². The van der Waals surface area contributed by atoms with Crippen LogP contribution in [-0.2, 0) is 49.7 Å². The van der Waals surface area contributed by atoms with Crippen molar-refractivity contribution in [2.24, 2.45) is 56.2 Å². The van der Waals surface area contributed by atoms with E-state index in [1.165, 1.54) is 102 Å². The second-order valence-corrected chi connectivity index (χ2v) is 34.8. The minimum atomic E-state index is -4.24. The molecule has 542 valence electrons. The predicted octanol–water partition coefficient (Wildman–Crippen LogP) is 24.1. The third-order valence-electron chi connectivity index (χ3n) is 23.6. The Hall–Kier alpha value is -4.09. The summed E-state index contributed by atoms with van der Waals surface area (Å²) in [5.74, 6) is 3.95. The maximum Gasteiger partial charge on any atom is 0.416 e. The van der Waals surface area contributed by atoms with Gasteiger partial charge in [0.2, 0.25) is 0 Å². The third-order valence-corrected chi connectivity index (χ3v) is 23.6. The summed E-state index contributed by atoms with van der Waals surface area (Å²) in [5, 5.41) is 9.01. The molecule has 0 heterocycles. The van der Waals surface area contributed by atoms with Crippen molar-refractivity contribution in [3.05, 3.63) is 65.2 Å². The number of alkyl halides is 3. The molecule has 2 aromatic carbocycles. The largest absolute Gasteiger partial charge is 0.508 e. The van der Waals surface area contributed by atoms with E-state index in [-0.39, 0.29) is 84.2 Å². The van der Waals surface area contributed by atoms with E-state index < -0.39 is 11.7 Å². The summed E-state index contributed by atoms with van der Waals surface area (Å²) in [5.41, 5.74) is -0.745. The molecule has 1 N–H and O–H groups in total. The van der Waals surface area contributed by atoms with E-state index in [1.54, 1.807) is 24.3 Å². The number of phenolic OH excluding ortho intramolecular Hbond substituents is 1. The first-order chi connectivity index (χ1) is 42.9. The van der Waals surface area contributed by atoms with Gasteiger partial charge in [0.05, 0.1) is 27.2 Å². The molecule has 0 amide bonds. The van der Waals surface area contributed by atoms with Crippen molar-refractivity contribution in [3.8, 4) is 5.75 Å². The molecule has 9 nitrogen and oxygen atoms in total. The summed E-state index contributed by atoms with van der Waals surface area (Å²) in [4.78, 5) is 48.5. The van der Waals surface area contributed by atoms with Gasteiger partial charge < -0.3 is 24.1 Å². The Morgan fingerprint density at radius 1 is 0.479 bits per heavy atom. The molecule has 1 atom stereocenters. The monoisotopic (exact) mass is 1330 g/mol. The second-order valence-electron chi connectivity index (χ2n) is 34.8. The van der Waals surface area contributed by atoms with Gasteiger partial charge in [0.25, 0.3) is 0 Å². The highest BCUT2D eigenvalue weighted by Gasteiger charge is 2.59. The molecule has 8 rings (SSSR count). The van der Waals surface area contributed by atoms with Crippen LogP contribution in [0.4, 0.5) is 13.2 Å². The number of hydrogen-bond acceptors (Lipinski definition) is 9. The standard InChI is InChI=1S/C19H32O2.C16H30O2.C15H28O2.C12H15F3.C10H20O2.C10H14O/c1-6-17(2,3)16(20)21-18(4,5)19-10-13-7-14(11-19)9-15(8-13)12-19;1-7-14(3,4)13(17)18-15(5,6)16(8-2)11-9-10-12-16;1-6-14(2,3)13(16)17-15(4,5)12-10-8-7-9-11-12;1-4-11(2,3)9-5-7-10(8-6-9)12(13,14)15;1-7-10(5,6)8(11)12-9(2,3)4;1-3-8(2)9-4-6-10(11)7-5-9/h13-15H,6-12H2,1-5H3;7-12H2,1-6H3;12H,6-11H2,1-5H3;5-8H,4H2,1-3H3;7H2,1-6H3;4-8,11H,3H2,1-2H3. The number of hydrogen-bond donors (Lipinski definition) is 1. The molecule has 0 spiro atoms. The van der Waals surface area contributed by atoms with Gasteiger partial charge in [0.15, 0.2) is 0 Å². The van der Waals surface area contributed by atoms with E-state index in [2.05, 4.69) is 69.2 Å². The lowest BCUT2D eigenvalue weighted by Gasteiger charge is -2.61. The van der Waals surface area contributed by atoms with Crippen molar-refractivity contribution in [1.29, 1.82) is 0 Å². The van der Waals surface area contributed by atoms with E-state index >= 15 is 0 Å². The molecule has 94 heavy (non-hydrogen) atoms. The third kappa shape index (κ3) is 24.7. The summed E-state index contributed by atoms with van der Waals surface area (Å²) in [6.07, 6.45) is 21.6. The van der Waals surface area contributed by atoms with Crippen LogP contribution in [0.25, 0.3) is 0 Å². The smallest absolute Gasteiger partial charge is 0.416 e. The van der Waals surface area contributed by atoms with Crippen molar-refractivity contribution >= 4 is 23.9 Å². The zero-order chi connectivity index (χ0) is 72.5. The van der Waals surface area contributed by atoms with E-state index in [1.807, 2.05) is 130 Å². The van der Waals surface area contributed by atoms with Crippen molar-refractivity contribution in [1.82, 2.24) is 0 Å². The van der Waals surface area contributed by atoms with Crippen LogP contribution in [0, 0.1) is 56.2 Å². The van der Waals surface area contributed by atoms with Crippen molar-refractivity contribution in [3.63, 3.8) is 0 Å². The fraction of sp³-hybridized carbons (Fsp3) is 0.805. The molecule has 12 heteroatoms. The van der Waals surface area contributed by atoms with Gasteiger partial charge in [-0.1, -0.05) is 126 Å². The quantitative estimate of drug-likeness (QED) is 0.108. The topological polar surface area (TPSA) is 125 Å². The zero-order valence-electron chi connectivity index (χ0n) is 64.9. The average molecular weight is 1330 g/mol. The maximum atomic E-state index is 12.6. The first kappa shape index (κ1) is 86.0. The number of benzene rings is 2. The Kier molecular flexibility index (Phi) is 31.7. The number of halogens is 3. The SMILES string of the molecule is CCC(C)(C)C(=O)OC(C)(C)C.CCC(C)(C)C(=O)OC(C)(C)C1(CC)CCCC1.CCC(C)(C)C(=O)OC(C)(C)C12CC3CC(CC(C3)C1)C2.CCC(C)(C)C(=O)OC(C)(C)C1CCCCC1.CCC(C)(C)c1ccc(C(F)(F)F)cc1.CCC(C)c1ccc(O)cc1. The zero-order valence-corrected chi connectivity index (χ0v) is 64.9. The molecule has 1 unspecified atom stereocenters. The lowest BCUT2D eigenvalue weighted by Crippen LogP contribution is -2.58. The van der Waals surface area contributed by atoms with Crippen LogP contribution in [0.2, 0.25) is 0 Å². The van der Waals surface area contributed by atoms with E-state index in [0.717, 1.165) is 80.4 Å². The van der Waals surface area contributed by atoms with Crippen LogP contribution in [0.1, 0.15) is 351 Å². The molecule has 4 bridgehead atoms. The van der Waals surface area contributed by atoms with Crippen LogP contribution in [-0.4, -0.2) is 51.4 Å². The lowest BCUT2D eigenvalue weighted by molar-refractivity contribution is -0.206. The highest BCUT2D eigenvalue weighted by Crippen LogP contribution is 2.64. The summed E-state index contributed by atoms with van der Waals surface area (Å²) >= 11 is 0. The molecule has 0 aromatic heterocycles. The molecule has 0 aliphatic heterocycles. The number of rotatable bonds is 19. The normalized spacial score (nSPS) is 21.1. The minimum Gasteiger partial charge on any atom is -0.508 e. The first-order valence-electron chi connectivity index (χ1n) is 36.8. The number of phenols is 1. The van der Waals surface area contributed by atoms with Crippen molar-refractivity contribution in [2.75, 3.05) is 0 Å². The van der Waals surface area contributed by atoms with Gasteiger partial charge in [-0.2, -0.15) is 13.2 Å². The predicted molar refractivity (Wildman–Crippen MR) is 383 cm³/mol. The highest BCUT2D eigenvalue weighted by atomic mass is 19.4. The maximum absolute atomic E-state index is 12.6. The molecule has 6 fully saturated rings. The van der Waals surface area contributed by atoms with Gasteiger partial charge in [0.1, 0.15) is 28.2 Å². The van der Waals surface area contributed by atoms with E-state index in [4.69, 9.17) is 24.1 Å². The summed E-state index contributed by atoms with van der Waals surface area (Å²) < 4.78 is 60.0. The first-order valence-corrected chi connectivity index (χ1v) is 36.8. The minimum absolute atomic E-state index is 0.00857. The van der Waals surface area contributed by atoms with Gasteiger partial charge in [0, 0.05) is 10.8 Å². The number of carbonyl (C=O) groups excluding carboxylic acids is 4. The molecular weight excluding hydrogens is 1190 g/mol. The van der Waals surface area contributed by atoms with E-state index in [0.29, 0.717) is 17.6 Å². The van der Waals surface area contributed by atoms with Crippen LogP contribution < -0.4 is 0 Å². The fourth-order valence-corrected chi connectivity index (χ4v) is 13.8. The Morgan fingerprint density at radius 2 is 0.840 bits per heavy atom. The lowest BCUT2D eigenvalue weighted by atomic mass is 9.46. The van der Waals surface area contributed by atoms with E-state index in [9.17, 15) is 32.3 Å². The Labute approximate surface area is 572 Å². The molecular formula is C82H139F3O9. The number of esters is 4. The number of carbonyl (C=O) groups is 4. The summed E-state index contributed by atoms with van der Waals surface area (Å²) in [6.45, 7) is 54.9. The Bertz CT molecular complexity index is 2580. The van der Waals surface area contributed by atoms with Crippen LogP contribution in [0.3, 0.4) is 0 Å². The van der Waals surface area contributed by atoms with Gasteiger partial charge in [-0.25, -0.2) is 0 Å². The van der Waals surface area contributed by atoms with Crippen LogP contribution in [0.5, 0.6) is 5.75 Å². The van der Waals surface area contributed by atoms with Crippen LogP contribution >= 0.6 is 0 Å². The van der Waals surface area contributed by atoms with Gasteiger partial charge in [-0.15, -0.1) is 0 Å². The average Bonchev–Trinajstić information content (AvgIpc) is 0.809. The highest BCUT2D eigenvalue weighted by molar-refractivity contribution is 5.77. The van der Waals surface area contributed by atoms with Crippen LogP contribution in [0.15, 0.2) is 48.5 Å². The van der Waals surface area contributed by atoms with Gasteiger partial charge >= 0.3 is 30.1 Å². The molecule has 2 aromatic rings. The molecule has 6 aliphatic carbocycles. The fourth-order valence-electron chi connectivity index (χ4n) is 13.8. The Morgan fingerprint density at radius 3 is 1.18 bits per heavy atom. The Balaban J connectivity index is 0.000000389. The van der Waals surface area contributed by atoms with Crippen molar-refractivity contribution in [2.45, 2.75) is 368 Å². The molecule has 6 aliphatic rings. The molecule has 6 saturated carbocycles. The summed E-state index contributed by atoms with van der Waals surface area (Å²) in [6, 6.07) is 12.8.